The SMILES string of the molecule is C=CCO/N=C(\C(=O)NC1C(=O)N2C(C(=O)O)=C(S/C=C\c3ccc(C)nc3)CS[C@H]12)c1csc(N)n1. The standard InChI is InChI=1S/C23H22N6O5S3/c1-3-7-34-28-16(14-10-37-23(24)26-14)19(30)27-17-20(31)29-18(22(32)33)15(11-36-21(17)29)35-8-6-13-5-4-12(2)25-9-13/h3-6,8-10,17,21H,1,7,11H2,2H3,(H2,24,26)(H,27,30)(H,32,33)/b8-6-,28-16-/t17?,21-/m1/s1. The van der Waals surface area contributed by atoms with Gasteiger partial charge in [-0.3, -0.25) is 19.5 Å². The third-order valence-corrected chi connectivity index (χ3v) is 8.19. The number of nitrogen functional groups attached to an aromatic ring is 1. The first-order valence-electron chi connectivity index (χ1n) is 10.8. The fourth-order valence-electron chi connectivity index (χ4n) is 3.42. The van der Waals surface area contributed by atoms with Crippen molar-refractivity contribution in [2.75, 3.05) is 18.1 Å². The average Bonchev–Trinajstić information content (AvgIpc) is 3.31. The molecule has 14 heteroatoms. The first-order valence-corrected chi connectivity index (χ1v) is 13.6. The molecule has 2 aromatic heterocycles. The zero-order valence-electron chi connectivity index (χ0n) is 19.5. The van der Waals surface area contributed by atoms with Crippen LogP contribution in [0.5, 0.6) is 0 Å². The molecule has 1 fully saturated rings. The molecule has 0 bridgehead atoms. The Labute approximate surface area is 224 Å². The highest BCUT2D eigenvalue weighted by molar-refractivity contribution is 8.08. The van der Waals surface area contributed by atoms with E-state index in [1.807, 2.05) is 25.1 Å². The summed E-state index contributed by atoms with van der Waals surface area (Å²) in [6, 6.07) is 2.85. The van der Waals surface area contributed by atoms with Gasteiger partial charge in [0.1, 0.15) is 29.4 Å². The molecule has 11 nitrogen and oxygen atoms in total. The van der Waals surface area contributed by atoms with Crippen molar-refractivity contribution in [2.45, 2.75) is 18.3 Å². The average molecular weight is 559 g/mol. The van der Waals surface area contributed by atoms with Crippen molar-refractivity contribution in [3.63, 3.8) is 0 Å². The molecule has 0 aromatic carbocycles. The van der Waals surface area contributed by atoms with E-state index in [0.29, 0.717) is 10.7 Å². The number of aryl methyl sites for hydroxylation is 1. The van der Waals surface area contributed by atoms with Crippen LogP contribution in [0.4, 0.5) is 5.13 Å². The number of rotatable bonds is 10. The van der Waals surface area contributed by atoms with Gasteiger partial charge in [-0.15, -0.1) is 23.1 Å². The number of carbonyl (C=O) groups excluding carboxylic acids is 2. The number of anilines is 1. The van der Waals surface area contributed by atoms with Crippen LogP contribution in [0.15, 0.2) is 57.5 Å². The predicted molar refractivity (Wildman–Crippen MR) is 144 cm³/mol. The molecule has 2 amide bonds. The van der Waals surface area contributed by atoms with Crippen LogP contribution >= 0.6 is 34.9 Å². The monoisotopic (exact) mass is 558 g/mol. The van der Waals surface area contributed by atoms with E-state index in [-0.39, 0.29) is 28.8 Å². The van der Waals surface area contributed by atoms with Gasteiger partial charge < -0.3 is 21.0 Å². The highest BCUT2D eigenvalue weighted by atomic mass is 32.2. The van der Waals surface area contributed by atoms with Crippen molar-refractivity contribution in [1.29, 1.82) is 0 Å². The number of carbonyl (C=O) groups is 3. The van der Waals surface area contributed by atoms with Crippen molar-refractivity contribution in [3.8, 4) is 0 Å². The summed E-state index contributed by atoms with van der Waals surface area (Å²) < 4.78 is 0. The molecule has 37 heavy (non-hydrogen) atoms. The molecule has 0 spiro atoms. The van der Waals surface area contributed by atoms with Crippen LogP contribution in [0.1, 0.15) is 17.0 Å². The van der Waals surface area contributed by atoms with E-state index in [4.69, 9.17) is 10.6 Å². The smallest absolute Gasteiger partial charge is 0.353 e. The maximum absolute atomic E-state index is 13.0. The number of hydrogen-bond acceptors (Lipinski definition) is 11. The molecule has 2 aliphatic heterocycles. The molecule has 0 aliphatic carbocycles. The molecular weight excluding hydrogens is 536 g/mol. The van der Waals surface area contributed by atoms with E-state index >= 15 is 0 Å². The number of aliphatic carboxylic acids is 1. The van der Waals surface area contributed by atoms with E-state index in [1.165, 1.54) is 34.5 Å². The first-order chi connectivity index (χ1) is 17.8. The van der Waals surface area contributed by atoms with Gasteiger partial charge in [0.25, 0.3) is 11.8 Å². The number of thiazole rings is 1. The third kappa shape index (κ3) is 5.87. The Morgan fingerprint density at radius 2 is 2.27 bits per heavy atom. The van der Waals surface area contributed by atoms with Crippen LogP contribution < -0.4 is 11.1 Å². The number of nitrogens with zero attached hydrogens (tertiary/aromatic N) is 4. The molecule has 2 atom stereocenters. The highest BCUT2D eigenvalue weighted by Gasteiger charge is 2.54. The Morgan fingerprint density at radius 1 is 1.46 bits per heavy atom. The summed E-state index contributed by atoms with van der Waals surface area (Å²) in [5.41, 5.74) is 7.40. The Balaban J connectivity index is 1.48. The summed E-state index contributed by atoms with van der Waals surface area (Å²) in [7, 11) is 0. The van der Waals surface area contributed by atoms with E-state index in [1.54, 1.807) is 17.0 Å². The highest BCUT2D eigenvalue weighted by Crippen LogP contribution is 2.43. The number of carboxylic acid groups (broad SMARTS) is 1. The van der Waals surface area contributed by atoms with E-state index in [2.05, 4.69) is 27.0 Å². The second-order valence-corrected chi connectivity index (χ2v) is 10.7. The summed E-state index contributed by atoms with van der Waals surface area (Å²) in [6.07, 6.45) is 5.00. The zero-order chi connectivity index (χ0) is 26.5. The predicted octanol–water partition coefficient (Wildman–Crippen LogP) is 2.44. The Hall–Kier alpha value is -3.62. The van der Waals surface area contributed by atoms with E-state index in [9.17, 15) is 19.5 Å². The number of β-lactam (4-membered cyclic amide) rings is 1. The van der Waals surface area contributed by atoms with Crippen LogP contribution in [0.25, 0.3) is 6.08 Å². The minimum absolute atomic E-state index is 0.0626. The van der Waals surface area contributed by atoms with Gasteiger partial charge in [-0.2, -0.15) is 0 Å². The molecule has 4 heterocycles. The number of fused-ring (bicyclic) bond motifs is 1. The Kier molecular flexibility index (Phi) is 8.31. The van der Waals surface area contributed by atoms with Crippen molar-refractivity contribution < 1.29 is 24.3 Å². The van der Waals surface area contributed by atoms with Gasteiger partial charge in [0.05, 0.1) is 0 Å². The minimum atomic E-state index is -1.21. The number of amides is 2. The van der Waals surface area contributed by atoms with E-state index < -0.39 is 29.2 Å². The maximum atomic E-state index is 13.0. The van der Waals surface area contributed by atoms with Crippen LogP contribution in [-0.4, -0.2) is 67.2 Å². The number of aromatic nitrogens is 2. The molecule has 1 saturated heterocycles. The minimum Gasteiger partial charge on any atom is -0.477 e. The van der Waals surface area contributed by atoms with Crippen LogP contribution in [0, 0.1) is 6.92 Å². The summed E-state index contributed by atoms with van der Waals surface area (Å²) in [5.74, 6) is -2.08. The van der Waals surface area contributed by atoms with E-state index in [0.717, 1.165) is 22.6 Å². The van der Waals surface area contributed by atoms with Gasteiger partial charge in [-0.05, 0) is 30.0 Å². The van der Waals surface area contributed by atoms with Gasteiger partial charge in [-0.1, -0.05) is 35.6 Å². The lowest BCUT2D eigenvalue weighted by molar-refractivity contribution is -0.150. The third-order valence-electron chi connectivity index (χ3n) is 5.16. The van der Waals surface area contributed by atoms with Gasteiger partial charge >= 0.3 is 5.97 Å². The van der Waals surface area contributed by atoms with Crippen molar-refractivity contribution in [1.82, 2.24) is 20.2 Å². The number of oxime groups is 1. The molecular formula is C23H22N6O5S3. The van der Waals surface area contributed by atoms with Gasteiger partial charge in [-0.25, -0.2) is 9.78 Å². The van der Waals surface area contributed by atoms with Gasteiger partial charge in [0, 0.05) is 27.9 Å². The van der Waals surface area contributed by atoms with Crippen molar-refractivity contribution >= 4 is 69.6 Å². The fraction of sp³-hybridized carbons (Fsp3) is 0.217. The van der Waals surface area contributed by atoms with Gasteiger partial charge in [0.15, 0.2) is 10.8 Å². The lowest BCUT2D eigenvalue weighted by Crippen LogP contribution is -2.71. The second kappa shape index (κ2) is 11.6. The van der Waals surface area contributed by atoms with Crippen molar-refractivity contribution in [3.05, 3.63) is 69.3 Å². The molecule has 0 saturated carbocycles. The molecule has 2 aromatic rings. The summed E-state index contributed by atoms with van der Waals surface area (Å²) in [4.78, 5) is 53.2. The molecule has 192 valence electrons. The number of thioether (sulfide) groups is 2. The number of pyridine rings is 1. The van der Waals surface area contributed by atoms with Crippen LogP contribution in [0.3, 0.4) is 0 Å². The molecule has 1 unspecified atom stereocenters. The van der Waals surface area contributed by atoms with Crippen molar-refractivity contribution in [2.24, 2.45) is 5.16 Å². The Morgan fingerprint density at radius 3 is 2.92 bits per heavy atom. The summed E-state index contributed by atoms with van der Waals surface area (Å²) >= 11 is 3.72. The normalized spacial score (nSPS) is 19.4. The fourth-order valence-corrected chi connectivity index (χ4v) is 6.32. The largest absolute Gasteiger partial charge is 0.477 e. The van der Waals surface area contributed by atoms with Crippen LogP contribution in [0.2, 0.25) is 0 Å². The topological polar surface area (TPSA) is 160 Å². The quantitative estimate of drug-likeness (QED) is 0.130. The van der Waals surface area contributed by atoms with Crippen LogP contribution in [-0.2, 0) is 19.2 Å². The Bertz CT molecular complexity index is 1320. The number of nitrogens with two attached hydrogens (primary N) is 1. The summed E-state index contributed by atoms with van der Waals surface area (Å²) in [6.45, 7) is 5.48. The summed E-state index contributed by atoms with van der Waals surface area (Å²) in [5, 5.41) is 19.3. The lowest BCUT2D eigenvalue weighted by atomic mass is 10.0. The second-order valence-electron chi connectivity index (χ2n) is 7.69. The lowest BCUT2D eigenvalue weighted by Gasteiger charge is -2.49. The molecule has 0 radical (unpaired) electrons. The molecule has 4 rings (SSSR count). The number of nitrogens with one attached hydrogen (secondary N) is 1. The number of carboxylic acids is 1. The maximum Gasteiger partial charge on any atom is 0.353 e. The zero-order valence-corrected chi connectivity index (χ0v) is 21.9. The van der Waals surface area contributed by atoms with Gasteiger partial charge in [0.2, 0.25) is 0 Å². The first kappa shape index (κ1) is 26.4. The molecule has 4 N–H and O–H groups in total. The number of hydrogen-bond donors (Lipinski definition) is 3. The molecule has 2 aliphatic rings.